The van der Waals surface area contributed by atoms with Crippen molar-refractivity contribution in [3.05, 3.63) is 35.6 Å². The summed E-state index contributed by atoms with van der Waals surface area (Å²) in [6.07, 6.45) is 0.338. The van der Waals surface area contributed by atoms with E-state index in [1.807, 2.05) is 4.90 Å². The van der Waals surface area contributed by atoms with Gasteiger partial charge in [0.1, 0.15) is 5.82 Å². The first-order valence-electron chi connectivity index (χ1n) is 8.73. The summed E-state index contributed by atoms with van der Waals surface area (Å²) in [5.74, 6) is -0.504. The van der Waals surface area contributed by atoms with Crippen molar-refractivity contribution < 1.29 is 18.7 Å². The Bertz CT molecular complexity index is 579. The minimum atomic E-state index is -0.373. The number of rotatable bonds is 7. The summed E-state index contributed by atoms with van der Waals surface area (Å²) in [5.41, 5.74) is 0.445. The first kappa shape index (κ1) is 19.5. The van der Waals surface area contributed by atoms with Crippen molar-refractivity contribution in [1.82, 2.24) is 9.80 Å². The van der Waals surface area contributed by atoms with Crippen LogP contribution in [0.2, 0.25) is 0 Å². The number of benzene rings is 1. The molecule has 0 aromatic heterocycles. The minimum absolute atomic E-state index is 0.000512. The topological polar surface area (TPSA) is 49.9 Å². The maximum absolute atomic E-state index is 12.9. The molecule has 0 saturated carbocycles. The number of amides is 1. The summed E-state index contributed by atoms with van der Waals surface area (Å²) in [6.45, 7) is 7.07. The van der Waals surface area contributed by atoms with Crippen molar-refractivity contribution in [2.45, 2.75) is 38.8 Å². The molecule has 0 radical (unpaired) electrons. The maximum atomic E-state index is 12.9. The number of halogens is 1. The molecular weight excluding hydrogens is 323 g/mol. The van der Waals surface area contributed by atoms with Gasteiger partial charge in [0.2, 0.25) is 5.91 Å². The SMILES string of the molecule is COCCN1C(C)CN(C(=O)CCC(=O)c2ccc(F)cc2)CC1C. The molecule has 0 aliphatic carbocycles. The van der Waals surface area contributed by atoms with Crippen LogP contribution in [-0.2, 0) is 9.53 Å². The Labute approximate surface area is 148 Å². The van der Waals surface area contributed by atoms with Crippen LogP contribution >= 0.6 is 0 Å². The zero-order valence-electron chi connectivity index (χ0n) is 15.2. The lowest BCUT2D eigenvalue weighted by Gasteiger charge is -2.44. The van der Waals surface area contributed by atoms with E-state index >= 15 is 0 Å². The maximum Gasteiger partial charge on any atom is 0.223 e. The van der Waals surface area contributed by atoms with Crippen molar-refractivity contribution in [3.8, 4) is 0 Å². The number of nitrogens with zero attached hydrogens (tertiary/aromatic N) is 2. The number of ether oxygens (including phenoxy) is 1. The monoisotopic (exact) mass is 350 g/mol. The van der Waals surface area contributed by atoms with Crippen LogP contribution in [0.5, 0.6) is 0 Å². The van der Waals surface area contributed by atoms with E-state index in [4.69, 9.17) is 4.74 Å². The van der Waals surface area contributed by atoms with Gasteiger partial charge in [-0.25, -0.2) is 4.39 Å². The number of hydrogen-bond donors (Lipinski definition) is 0. The Morgan fingerprint density at radius 2 is 1.72 bits per heavy atom. The second-order valence-corrected chi connectivity index (χ2v) is 6.66. The van der Waals surface area contributed by atoms with Gasteiger partial charge in [-0.1, -0.05) is 0 Å². The minimum Gasteiger partial charge on any atom is -0.383 e. The van der Waals surface area contributed by atoms with Gasteiger partial charge < -0.3 is 9.64 Å². The van der Waals surface area contributed by atoms with E-state index in [1.165, 1.54) is 24.3 Å². The average Bonchev–Trinajstić information content (AvgIpc) is 2.59. The molecule has 5 nitrogen and oxygen atoms in total. The van der Waals surface area contributed by atoms with Crippen molar-refractivity contribution in [2.75, 3.05) is 33.4 Å². The molecule has 138 valence electrons. The summed E-state index contributed by atoms with van der Waals surface area (Å²) < 4.78 is 18.1. The van der Waals surface area contributed by atoms with E-state index in [2.05, 4.69) is 18.7 Å². The number of carbonyl (C=O) groups excluding carboxylic acids is 2. The van der Waals surface area contributed by atoms with Crippen molar-refractivity contribution in [1.29, 1.82) is 0 Å². The number of piperazine rings is 1. The average molecular weight is 350 g/mol. The highest BCUT2D eigenvalue weighted by Crippen LogP contribution is 2.17. The predicted molar refractivity (Wildman–Crippen MR) is 94.1 cm³/mol. The van der Waals surface area contributed by atoms with Gasteiger partial charge in [-0.2, -0.15) is 0 Å². The highest BCUT2D eigenvalue weighted by molar-refractivity contribution is 5.97. The third kappa shape index (κ3) is 5.34. The molecule has 2 atom stereocenters. The van der Waals surface area contributed by atoms with Gasteiger partial charge >= 0.3 is 0 Å². The second-order valence-electron chi connectivity index (χ2n) is 6.66. The molecule has 1 aromatic rings. The first-order valence-corrected chi connectivity index (χ1v) is 8.73. The molecule has 0 N–H and O–H groups in total. The van der Waals surface area contributed by atoms with E-state index < -0.39 is 0 Å². The van der Waals surface area contributed by atoms with E-state index in [0.717, 1.165) is 6.54 Å². The van der Waals surface area contributed by atoms with E-state index in [9.17, 15) is 14.0 Å². The van der Waals surface area contributed by atoms with Crippen LogP contribution in [0.15, 0.2) is 24.3 Å². The molecule has 1 aliphatic heterocycles. The highest BCUT2D eigenvalue weighted by atomic mass is 19.1. The molecule has 6 heteroatoms. The molecule has 1 saturated heterocycles. The molecule has 0 spiro atoms. The Morgan fingerprint density at radius 3 is 2.28 bits per heavy atom. The van der Waals surface area contributed by atoms with Crippen molar-refractivity contribution >= 4 is 11.7 Å². The van der Waals surface area contributed by atoms with E-state index in [-0.39, 0.29) is 42.4 Å². The molecule has 2 rings (SSSR count). The normalized spacial score (nSPS) is 21.4. The van der Waals surface area contributed by atoms with Gasteiger partial charge in [0.25, 0.3) is 0 Å². The standard InChI is InChI=1S/C19H27FN2O3/c1-14-12-21(13-15(2)22(14)10-11-25-3)19(24)9-8-18(23)16-4-6-17(20)7-5-16/h4-7,14-15H,8-13H2,1-3H3. The van der Waals surface area contributed by atoms with Gasteiger partial charge in [0.05, 0.1) is 6.61 Å². The fourth-order valence-electron chi connectivity index (χ4n) is 3.36. The smallest absolute Gasteiger partial charge is 0.223 e. The molecule has 1 aromatic carbocycles. The van der Waals surface area contributed by atoms with Crippen LogP contribution in [0.1, 0.15) is 37.0 Å². The van der Waals surface area contributed by atoms with Crippen LogP contribution in [0.4, 0.5) is 4.39 Å². The second kappa shape index (κ2) is 9.06. The predicted octanol–water partition coefficient (Wildman–Crippen LogP) is 2.36. The van der Waals surface area contributed by atoms with Crippen molar-refractivity contribution in [2.24, 2.45) is 0 Å². The quantitative estimate of drug-likeness (QED) is 0.709. The lowest BCUT2D eigenvalue weighted by atomic mass is 10.0. The summed E-state index contributed by atoms with van der Waals surface area (Å²) in [6, 6.07) is 5.96. The van der Waals surface area contributed by atoms with Crippen LogP contribution in [0.25, 0.3) is 0 Å². The van der Waals surface area contributed by atoms with Gasteiger partial charge in [-0.3, -0.25) is 14.5 Å². The summed E-state index contributed by atoms with van der Waals surface area (Å²) in [5, 5.41) is 0. The van der Waals surface area contributed by atoms with E-state index in [0.29, 0.717) is 25.3 Å². The van der Waals surface area contributed by atoms with E-state index in [1.54, 1.807) is 7.11 Å². The third-order valence-corrected chi connectivity index (χ3v) is 4.74. The molecule has 1 amide bonds. The fourth-order valence-corrected chi connectivity index (χ4v) is 3.36. The number of ketones is 1. The number of Topliss-reactive ketones (excluding diaryl/α,β-unsaturated/α-hetero) is 1. The van der Waals surface area contributed by atoms with Gasteiger partial charge in [-0.05, 0) is 38.1 Å². The Kier molecular flexibility index (Phi) is 7.08. The Hall–Kier alpha value is -1.79. The highest BCUT2D eigenvalue weighted by Gasteiger charge is 2.31. The molecular formula is C19H27FN2O3. The van der Waals surface area contributed by atoms with Gasteiger partial charge in [0, 0.05) is 57.2 Å². The Morgan fingerprint density at radius 1 is 1.12 bits per heavy atom. The Balaban J connectivity index is 1.85. The molecule has 1 fully saturated rings. The summed E-state index contributed by atoms with van der Waals surface area (Å²) >= 11 is 0. The van der Waals surface area contributed by atoms with Crippen molar-refractivity contribution in [3.63, 3.8) is 0 Å². The number of hydrogen-bond acceptors (Lipinski definition) is 4. The molecule has 1 heterocycles. The summed E-state index contributed by atoms with van der Waals surface area (Å²) in [7, 11) is 1.69. The molecule has 0 bridgehead atoms. The summed E-state index contributed by atoms with van der Waals surface area (Å²) in [4.78, 5) is 28.8. The lowest BCUT2D eigenvalue weighted by molar-refractivity contribution is -0.135. The largest absolute Gasteiger partial charge is 0.383 e. The van der Waals surface area contributed by atoms with Crippen LogP contribution in [0, 0.1) is 5.82 Å². The number of methoxy groups -OCH3 is 1. The lowest BCUT2D eigenvalue weighted by Crippen LogP contribution is -2.58. The fraction of sp³-hybridized carbons (Fsp3) is 0.579. The molecule has 25 heavy (non-hydrogen) atoms. The van der Waals surface area contributed by atoms with Gasteiger partial charge in [-0.15, -0.1) is 0 Å². The van der Waals surface area contributed by atoms with Crippen LogP contribution < -0.4 is 0 Å². The zero-order chi connectivity index (χ0) is 18.4. The zero-order valence-corrected chi connectivity index (χ0v) is 15.2. The first-order chi connectivity index (χ1) is 11.9. The molecule has 2 unspecified atom stereocenters. The van der Waals surface area contributed by atoms with Crippen LogP contribution in [-0.4, -0.2) is 66.9 Å². The third-order valence-electron chi connectivity index (χ3n) is 4.74. The van der Waals surface area contributed by atoms with Crippen LogP contribution in [0.3, 0.4) is 0 Å². The number of carbonyl (C=O) groups is 2. The molecule has 1 aliphatic rings. The van der Waals surface area contributed by atoms with Gasteiger partial charge in [0.15, 0.2) is 5.78 Å².